The first-order valence-electron chi connectivity index (χ1n) is 6.97. The summed E-state index contributed by atoms with van der Waals surface area (Å²) in [5, 5.41) is 0. The molecule has 0 saturated carbocycles. The van der Waals surface area contributed by atoms with Gasteiger partial charge in [0.1, 0.15) is 17.1 Å². The highest BCUT2D eigenvalue weighted by atomic mass is 16.5. The van der Waals surface area contributed by atoms with E-state index in [-0.39, 0.29) is 11.7 Å². The highest BCUT2D eigenvalue weighted by molar-refractivity contribution is 6.01. The molecule has 1 rings (SSSR count). The molecule has 2 N–H and O–H groups in total. The Labute approximate surface area is 121 Å². The number of nitrogens with two attached hydrogens (primary N) is 1. The van der Waals surface area contributed by atoms with Gasteiger partial charge in [-0.2, -0.15) is 0 Å². The molecule has 0 heterocycles. The Balaban J connectivity index is 2.96. The van der Waals surface area contributed by atoms with E-state index >= 15 is 0 Å². The van der Waals surface area contributed by atoms with Gasteiger partial charge < -0.3 is 15.2 Å². The monoisotopic (exact) mass is 279 g/mol. The van der Waals surface area contributed by atoms with Crippen LogP contribution in [0.5, 0.6) is 11.5 Å². The largest absolute Gasteiger partial charge is 0.496 e. The van der Waals surface area contributed by atoms with Crippen molar-refractivity contribution in [1.82, 2.24) is 0 Å². The number of Topliss-reactive ketones (excluding diaryl/α,β-unsaturated/α-hetero) is 1. The Kier molecular flexibility index (Phi) is 6.52. The number of methoxy groups -OCH3 is 2. The third-order valence-electron chi connectivity index (χ3n) is 3.32. The minimum Gasteiger partial charge on any atom is -0.496 e. The summed E-state index contributed by atoms with van der Waals surface area (Å²) in [6.07, 6.45) is 1.37. The number of hydrogen-bond donors (Lipinski definition) is 1. The fraction of sp³-hybridized carbons (Fsp3) is 0.562. The maximum atomic E-state index is 12.5. The van der Waals surface area contributed by atoms with E-state index < -0.39 is 0 Å². The average Bonchev–Trinajstić information content (AvgIpc) is 2.44. The SMILES string of the molecule is COc1cccc(OC)c1C(=O)CC(CN)CC(C)C. The van der Waals surface area contributed by atoms with Crippen LogP contribution in [-0.4, -0.2) is 26.5 Å². The molecule has 0 aromatic heterocycles. The Bertz CT molecular complexity index is 421. The Morgan fingerprint density at radius 1 is 1.20 bits per heavy atom. The molecule has 4 nitrogen and oxygen atoms in total. The van der Waals surface area contributed by atoms with Crippen molar-refractivity contribution in [3.8, 4) is 11.5 Å². The van der Waals surface area contributed by atoms with Crippen LogP contribution in [-0.2, 0) is 0 Å². The first-order chi connectivity index (χ1) is 9.53. The zero-order chi connectivity index (χ0) is 15.1. The van der Waals surface area contributed by atoms with Crippen molar-refractivity contribution < 1.29 is 14.3 Å². The molecule has 1 atom stereocenters. The lowest BCUT2D eigenvalue weighted by Gasteiger charge is -2.18. The lowest BCUT2D eigenvalue weighted by Crippen LogP contribution is -2.20. The molecule has 0 aliphatic heterocycles. The predicted octanol–water partition coefficient (Wildman–Crippen LogP) is 2.90. The fourth-order valence-corrected chi connectivity index (χ4v) is 2.42. The lowest BCUT2D eigenvalue weighted by atomic mass is 9.90. The minimum absolute atomic E-state index is 0.0235. The average molecular weight is 279 g/mol. The second kappa shape index (κ2) is 7.90. The highest BCUT2D eigenvalue weighted by Gasteiger charge is 2.21. The van der Waals surface area contributed by atoms with Crippen molar-refractivity contribution in [3.63, 3.8) is 0 Å². The van der Waals surface area contributed by atoms with Gasteiger partial charge in [0.05, 0.1) is 14.2 Å². The summed E-state index contributed by atoms with van der Waals surface area (Å²) in [5.41, 5.74) is 6.29. The van der Waals surface area contributed by atoms with Gasteiger partial charge in [-0.1, -0.05) is 19.9 Å². The van der Waals surface area contributed by atoms with Gasteiger partial charge >= 0.3 is 0 Å². The van der Waals surface area contributed by atoms with Crippen LogP contribution in [0, 0.1) is 11.8 Å². The summed E-state index contributed by atoms with van der Waals surface area (Å²) in [7, 11) is 3.11. The van der Waals surface area contributed by atoms with Gasteiger partial charge in [0.2, 0.25) is 0 Å². The number of rotatable bonds is 8. The zero-order valence-corrected chi connectivity index (χ0v) is 12.8. The quantitative estimate of drug-likeness (QED) is 0.743. The smallest absolute Gasteiger partial charge is 0.170 e. The van der Waals surface area contributed by atoms with Gasteiger partial charge in [-0.25, -0.2) is 0 Å². The number of hydrogen-bond acceptors (Lipinski definition) is 4. The van der Waals surface area contributed by atoms with E-state index in [1.807, 2.05) is 6.07 Å². The predicted molar refractivity (Wildman–Crippen MR) is 80.5 cm³/mol. The van der Waals surface area contributed by atoms with Crippen molar-refractivity contribution in [2.45, 2.75) is 26.7 Å². The zero-order valence-electron chi connectivity index (χ0n) is 12.8. The third kappa shape index (κ3) is 4.23. The standard InChI is InChI=1S/C16H25NO3/c1-11(2)8-12(10-17)9-13(18)16-14(19-3)6-5-7-15(16)20-4/h5-7,11-12H,8-10,17H2,1-4H3. The van der Waals surface area contributed by atoms with E-state index in [9.17, 15) is 4.79 Å². The van der Waals surface area contributed by atoms with Crippen molar-refractivity contribution in [2.24, 2.45) is 17.6 Å². The van der Waals surface area contributed by atoms with Crippen LogP contribution in [0.1, 0.15) is 37.0 Å². The summed E-state index contributed by atoms with van der Waals surface area (Å²) in [6, 6.07) is 5.36. The molecule has 1 aromatic carbocycles. The van der Waals surface area contributed by atoms with Gasteiger partial charge in [0, 0.05) is 6.42 Å². The molecule has 1 aromatic rings. The Hall–Kier alpha value is -1.55. The summed E-state index contributed by atoms with van der Waals surface area (Å²) in [6.45, 7) is 4.79. The highest BCUT2D eigenvalue weighted by Crippen LogP contribution is 2.31. The molecule has 0 saturated heterocycles. The van der Waals surface area contributed by atoms with E-state index in [1.54, 1.807) is 26.4 Å². The first-order valence-corrected chi connectivity index (χ1v) is 6.97. The van der Waals surface area contributed by atoms with E-state index in [2.05, 4.69) is 13.8 Å². The van der Waals surface area contributed by atoms with Crippen LogP contribution >= 0.6 is 0 Å². The van der Waals surface area contributed by atoms with Gasteiger partial charge in [0.15, 0.2) is 5.78 Å². The second-order valence-electron chi connectivity index (χ2n) is 5.40. The van der Waals surface area contributed by atoms with Crippen molar-refractivity contribution in [3.05, 3.63) is 23.8 Å². The van der Waals surface area contributed by atoms with E-state index in [4.69, 9.17) is 15.2 Å². The summed E-state index contributed by atoms with van der Waals surface area (Å²) >= 11 is 0. The molecule has 0 spiro atoms. The van der Waals surface area contributed by atoms with E-state index in [0.717, 1.165) is 6.42 Å². The summed E-state index contributed by atoms with van der Waals surface area (Å²) < 4.78 is 10.5. The normalized spacial score (nSPS) is 12.3. The van der Waals surface area contributed by atoms with Crippen LogP contribution in [0.15, 0.2) is 18.2 Å². The number of carbonyl (C=O) groups is 1. The summed E-state index contributed by atoms with van der Waals surface area (Å²) in [4.78, 5) is 12.5. The fourth-order valence-electron chi connectivity index (χ4n) is 2.42. The maximum Gasteiger partial charge on any atom is 0.170 e. The molecule has 4 heteroatoms. The number of carbonyl (C=O) groups excluding carboxylic acids is 1. The third-order valence-corrected chi connectivity index (χ3v) is 3.32. The molecule has 0 aliphatic rings. The molecule has 0 aliphatic carbocycles. The van der Waals surface area contributed by atoms with Crippen molar-refractivity contribution >= 4 is 5.78 Å². The second-order valence-corrected chi connectivity index (χ2v) is 5.40. The molecular formula is C16H25NO3. The van der Waals surface area contributed by atoms with Gasteiger partial charge in [-0.3, -0.25) is 4.79 Å². The Morgan fingerprint density at radius 2 is 1.75 bits per heavy atom. The Morgan fingerprint density at radius 3 is 2.15 bits per heavy atom. The van der Waals surface area contributed by atoms with Crippen molar-refractivity contribution in [2.75, 3.05) is 20.8 Å². The molecule has 20 heavy (non-hydrogen) atoms. The number of ether oxygens (including phenoxy) is 2. The van der Waals surface area contributed by atoms with Crippen LogP contribution in [0.4, 0.5) is 0 Å². The minimum atomic E-state index is 0.0235. The lowest BCUT2D eigenvalue weighted by molar-refractivity contribution is 0.0951. The number of ketones is 1. The van der Waals surface area contributed by atoms with Crippen LogP contribution < -0.4 is 15.2 Å². The van der Waals surface area contributed by atoms with Crippen LogP contribution in [0.3, 0.4) is 0 Å². The molecular weight excluding hydrogens is 254 g/mol. The molecule has 0 radical (unpaired) electrons. The van der Waals surface area contributed by atoms with Crippen molar-refractivity contribution in [1.29, 1.82) is 0 Å². The molecule has 1 unspecified atom stereocenters. The van der Waals surface area contributed by atoms with E-state index in [1.165, 1.54) is 0 Å². The molecule has 0 bridgehead atoms. The van der Waals surface area contributed by atoms with Gasteiger partial charge in [0.25, 0.3) is 0 Å². The van der Waals surface area contributed by atoms with Gasteiger partial charge in [-0.15, -0.1) is 0 Å². The van der Waals surface area contributed by atoms with E-state index in [0.29, 0.717) is 35.9 Å². The topological polar surface area (TPSA) is 61.5 Å². The molecule has 0 fully saturated rings. The first kappa shape index (κ1) is 16.5. The summed E-state index contributed by atoms with van der Waals surface area (Å²) in [5.74, 6) is 1.84. The van der Waals surface area contributed by atoms with Gasteiger partial charge in [-0.05, 0) is 36.9 Å². The van der Waals surface area contributed by atoms with Crippen LogP contribution in [0.25, 0.3) is 0 Å². The number of benzene rings is 1. The molecule has 112 valence electrons. The molecule has 0 amide bonds. The maximum absolute atomic E-state index is 12.5. The van der Waals surface area contributed by atoms with Crippen LogP contribution in [0.2, 0.25) is 0 Å².